The molecule has 0 aliphatic rings. The molecule has 0 spiro atoms. The molecule has 144 valence electrons. The second-order valence-electron chi connectivity index (χ2n) is 6.29. The molecule has 0 atom stereocenters. The lowest BCUT2D eigenvalue weighted by molar-refractivity contribution is -0.116. The van der Waals surface area contributed by atoms with E-state index in [1.54, 1.807) is 29.2 Å². The SMILES string of the molecule is COc1ccccc1C(=O)NCCN(C(C)=O)c1ccc(OC(C)C)cc1. The molecule has 0 unspecified atom stereocenters. The van der Waals surface area contributed by atoms with Crippen LogP contribution < -0.4 is 19.7 Å². The summed E-state index contributed by atoms with van der Waals surface area (Å²) in [6.45, 7) is 6.10. The van der Waals surface area contributed by atoms with Crippen LogP contribution in [0.2, 0.25) is 0 Å². The number of anilines is 1. The molecule has 0 fully saturated rings. The topological polar surface area (TPSA) is 67.9 Å². The molecule has 2 aromatic carbocycles. The first kappa shape index (κ1) is 20.3. The maximum atomic E-state index is 12.3. The summed E-state index contributed by atoms with van der Waals surface area (Å²) < 4.78 is 10.8. The van der Waals surface area contributed by atoms with E-state index < -0.39 is 0 Å². The van der Waals surface area contributed by atoms with Gasteiger partial charge in [-0.15, -0.1) is 0 Å². The van der Waals surface area contributed by atoms with Gasteiger partial charge in [0, 0.05) is 25.7 Å². The second-order valence-corrected chi connectivity index (χ2v) is 6.29. The fourth-order valence-corrected chi connectivity index (χ4v) is 2.65. The molecule has 0 saturated heterocycles. The number of carbonyl (C=O) groups excluding carboxylic acids is 2. The van der Waals surface area contributed by atoms with Crippen LogP contribution in [-0.4, -0.2) is 38.1 Å². The van der Waals surface area contributed by atoms with E-state index in [9.17, 15) is 9.59 Å². The van der Waals surface area contributed by atoms with Crippen LogP contribution in [0.4, 0.5) is 5.69 Å². The quantitative estimate of drug-likeness (QED) is 0.774. The maximum absolute atomic E-state index is 12.3. The molecule has 6 nitrogen and oxygen atoms in total. The normalized spacial score (nSPS) is 10.4. The van der Waals surface area contributed by atoms with Crippen molar-refractivity contribution in [2.45, 2.75) is 26.9 Å². The average molecular weight is 370 g/mol. The van der Waals surface area contributed by atoms with Gasteiger partial charge in [-0.1, -0.05) is 12.1 Å². The van der Waals surface area contributed by atoms with Gasteiger partial charge in [0.1, 0.15) is 11.5 Å². The first-order valence-corrected chi connectivity index (χ1v) is 8.88. The third-order valence-electron chi connectivity index (χ3n) is 3.87. The number of rotatable bonds is 8. The summed E-state index contributed by atoms with van der Waals surface area (Å²) in [6, 6.07) is 14.3. The number of benzene rings is 2. The van der Waals surface area contributed by atoms with Crippen LogP contribution in [0.15, 0.2) is 48.5 Å². The summed E-state index contributed by atoms with van der Waals surface area (Å²) >= 11 is 0. The van der Waals surface area contributed by atoms with Gasteiger partial charge in [0.15, 0.2) is 0 Å². The summed E-state index contributed by atoms with van der Waals surface area (Å²) in [5.74, 6) is 0.927. The molecule has 0 bridgehead atoms. The van der Waals surface area contributed by atoms with E-state index in [0.29, 0.717) is 24.4 Å². The van der Waals surface area contributed by atoms with Crippen molar-refractivity contribution < 1.29 is 19.1 Å². The summed E-state index contributed by atoms with van der Waals surface area (Å²) in [7, 11) is 1.52. The van der Waals surface area contributed by atoms with Gasteiger partial charge in [-0.25, -0.2) is 0 Å². The molecule has 2 amide bonds. The number of carbonyl (C=O) groups is 2. The van der Waals surface area contributed by atoms with Crippen molar-refractivity contribution in [1.82, 2.24) is 5.32 Å². The molecule has 0 aliphatic carbocycles. The van der Waals surface area contributed by atoms with E-state index in [1.165, 1.54) is 14.0 Å². The number of para-hydroxylation sites is 1. The van der Waals surface area contributed by atoms with Crippen LogP contribution in [-0.2, 0) is 4.79 Å². The largest absolute Gasteiger partial charge is 0.496 e. The standard InChI is InChI=1S/C21H26N2O4/c1-15(2)27-18-11-9-17(10-12-18)23(16(3)24)14-13-22-21(25)19-7-5-6-8-20(19)26-4/h5-12,15H,13-14H2,1-4H3,(H,22,25). The molecular formula is C21H26N2O4. The first-order valence-electron chi connectivity index (χ1n) is 8.88. The molecule has 27 heavy (non-hydrogen) atoms. The van der Waals surface area contributed by atoms with E-state index in [0.717, 1.165) is 11.4 Å². The predicted molar refractivity (Wildman–Crippen MR) is 106 cm³/mol. The van der Waals surface area contributed by atoms with E-state index in [1.807, 2.05) is 38.1 Å². The van der Waals surface area contributed by atoms with Crippen LogP contribution >= 0.6 is 0 Å². The summed E-state index contributed by atoms with van der Waals surface area (Å²) in [5.41, 5.74) is 1.22. The fourth-order valence-electron chi connectivity index (χ4n) is 2.65. The van der Waals surface area contributed by atoms with Crippen LogP contribution in [0.25, 0.3) is 0 Å². The van der Waals surface area contributed by atoms with Gasteiger partial charge in [0.2, 0.25) is 5.91 Å². The summed E-state index contributed by atoms with van der Waals surface area (Å²) in [5, 5.41) is 2.83. The minimum atomic E-state index is -0.239. The number of hydrogen-bond donors (Lipinski definition) is 1. The number of hydrogen-bond acceptors (Lipinski definition) is 4. The Morgan fingerprint density at radius 3 is 2.33 bits per heavy atom. The van der Waals surface area contributed by atoms with Gasteiger partial charge in [0.05, 0.1) is 18.8 Å². The number of amides is 2. The second kappa shape index (κ2) is 9.62. The third-order valence-corrected chi connectivity index (χ3v) is 3.87. The van der Waals surface area contributed by atoms with Crippen LogP contribution in [0.3, 0.4) is 0 Å². The Kier molecular flexibility index (Phi) is 7.23. The van der Waals surface area contributed by atoms with Crippen LogP contribution in [0.5, 0.6) is 11.5 Å². The van der Waals surface area contributed by atoms with Crippen LogP contribution in [0.1, 0.15) is 31.1 Å². The highest BCUT2D eigenvalue weighted by Gasteiger charge is 2.14. The zero-order chi connectivity index (χ0) is 19.8. The number of ether oxygens (including phenoxy) is 2. The Balaban J connectivity index is 1.98. The Bertz CT molecular complexity index is 772. The zero-order valence-electron chi connectivity index (χ0n) is 16.2. The molecule has 0 radical (unpaired) electrons. The van der Waals surface area contributed by atoms with E-state index in [4.69, 9.17) is 9.47 Å². The minimum Gasteiger partial charge on any atom is -0.496 e. The van der Waals surface area contributed by atoms with Crippen molar-refractivity contribution in [3.63, 3.8) is 0 Å². The number of nitrogens with one attached hydrogen (secondary N) is 1. The van der Waals surface area contributed by atoms with Gasteiger partial charge in [0.25, 0.3) is 5.91 Å². The van der Waals surface area contributed by atoms with Crippen molar-refractivity contribution in [3.05, 3.63) is 54.1 Å². The van der Waals surface area contributed by atoms with Crippen molar-refractivity contribution in [2.75, 3.05) is 25.1 Å². The molecule has 1 N–H and O–H groups in total. The Morgan fingerprint density at radius 2 is 1.74 bits per heavy atom. The minimum absolute atomic E-state index is 0.0879. The van der Waals surface area contributed by atoms with Crippen molar-refractivity contribution >= 4 is 17.5 Å². The monoisotopic (exact) mass is 370 g/mol. The Labute approximate surface area is 160 Å². The Hall–Kier alpha value is -3.02. The molecule has 2 aromatic rings. The van der Waals surface area contributed by atoms with Crippen molar-refractivity contribution in [3.8, 4) is 11.5 Å². The molecule has 2 rings (SSSR count). The predicted octanol–water partition coefficient (Wildman–Crippen LogP) is 3.27. The third kappa shape index (κ3) is 5.74. The highest BCUT2D eigenvalue weighted by molar-refractivity contribution is 5.97. The van der Waals surface area contributed by atoms with Gasteiger partial charge in [-0.3, -0.25) is 9.59 Å². The highest BCUT2D eigenvalue weighted by Crippen LogP contribution is 2.20. The van der Waals surface area contributed by atoms with Gasteiger partial charge in [-0.2, -0.15) is 0 Å². The van der Waals surface area contributed by atoms with Gasteiger partial charge >= 0.3 is 0 Å². The lowest BCUT2D eigenvalue weighted by Gasteiger charge is -2.22. The smallest absolute Gasteiger partial charge is 0.255 e. The van der Waals surface area contributed by atoms with Crippen LogP contribution in [0, 0.1) is 0 Å². The molecule has 0 aliphatic heterocycles. The lowest BCUT2D eigenvalue weighted by Crippen LogP contribution is -2.37. The number of nitrogens with zero attached hydrogens (tertiary/aromatic N) is 1. The van der Waals surface area contributed by atoms with E-state index in [-0.39, 0.29) is 17.9 Å². The van der Waals surface area contributed by atoms with Crippen molar-refractivity contribution in [2.24, 2.45) is 0 Å². The fraction of sp³-hybridized carbons (Fsp3) is 0.333. The first-order chi connectivity index (χ1) is 12.9. The maximum Gasteiger partial charge on any atom is 0.255 e. The Morgan fingerprint density at radius 1 is 1.07 bits per heavy atom. The molecular weight excluding hydrogens is 344 g/mol. The van der Waals surface area contributed by atoms with E-state index >= 15 is 0 Å². The van der Waals surface area contributed by atoms with Gasteiger partial charge in [-0.05, 0) is 50.2 Å². The molecule has 0 saturated carbocycles. The highest BCUT2D eigenvalue weighted by atomic mass is 16.5. The molecule has 0 aromatic heterocycles. The molecule has 0 heterocycles. The average Bonchev–Trinajstić information content (AvgIpc) is 2.65. The molecule has 6 heteroatoms. The lowest BCUT2D eigenvalue weighted by atomic mass is 10.2. The van der Waals surface area contributed by atoms with E-state index in [2.05, 4.69) is 5.32 Å². The van der Waals surface area contributed by atoms with Crippen molar-refractivity contribution in [1.29, 1.82) is 0 Å². The summed E-state index contributed by atoms with van der Waals surface area (Å²) in [6.07, 6.45) is 0.0879. The number of methoxy groups -OCH3 is 1. The summed E-state index contributed by atoms with van der Waals surface area (Å²) in [4.78, 5) is 26.0. The zero-order valence-corrected chi connectivity index (χ0v) is 16.2. The van der Waals surface area contributed by atoms with Gasteiger partial charge < -0.3 is 19.7 Å².